The van der Waals surface area contributed by atoms with Gasteiger partial charge in [0.1, 0.15) is 0 Å². The molecule has 0 bridgehead atoms. The Morgan fingerprint density at radius 2 is 1.65 bits per heavy atom. The van der Waals surface area contributed by atoms with Gasteiger partial charge in [-0.3, -0.25) is 4.72 Å². The first-order chi connectivity index (χ1) is 14.5. The molecule has 31 heavy (non-hydrogen) atoms. The summed E-state index contributed by atoms with van der Waals surface area (Å²) in [5.41, 5.74) is 3.92. The van der Waals surface area contributed by atoms with Crippen molar-refractivity contribution in [2.24, 2.45) is 5.92 Å². The van der Waals surface area contributed by atoms with Gasteiger partial charge in [0, 0.05) is 36.7 Å². The third-order valence-electron chi connectivity index (χ3n) is 5.58. The Labute approximate surface area is 187 Å². The third-order valence-corrected chi connectivity index (χ3v) is 7.70. The summed E-state index contributed by atoms with van der Waals surface area (Å²) in [5.74, 6) is 0.513. The summed E-state index contributed by atoms with van der Waals surface area (Å²) in [6.45, 7) is 12.7. The van der Waals surface area contributed by atoms with Crippen molar-refractivity contribution in [1.29, 1.82) is 0 Å². The van der Waals surface area contributed by atoms with Crippen LogP contribution in [0.1, 0.15) is 40.2 Å². The molecule has 2 aromatic rings. The van der Waals surface area contributed by atoms with Gasteiger partial charge in [0.2, 0.25) is 10.0 Å². The van der Waals surface area contributed by atoms with Crippen LogP contribution >= 0.6 is 0 Å². The molecule has 3 rings (SSSR count). The number of morpholine rings is 1. The van der Waals surface area contributed by atoms with E-state index in [0.717, 1.165) is 30.9 Å². The molecule has 1 aliphatic rings. The van der Waals surface area contributed by atoms with Gasteiger partial charge in [-0.15, -0.1) is 0 Å². The molecule has 1 aliphatic heterocycles. The molecule has 0 saturated carbocycles. The summed E-state index contributed by atoms with van der Waals surface area (Å²) in [5, 5.41) is 3.43. The Kier molecular flexibility index (Phi) is 7.17. The predicted octanol–water partition coefficient (Wildman–Crippen LogP) is 4.70. The molecule has 1 saturated heterocycles. The summed E-state index contributed by atoms with van der Waals surface area (Å²) in [6.07, 6.45) is 0.280. The average molecular weight is 446 g/mol. The summed E-state index contributed by atoms with van der Waals surface area (Å²) >= 11 is 0. The van der Waals surface area contributed by atoms with Gasteiger partial charge in [-0.2, -0.15) is 0 Å². The number of nitrogens with zero attached hydrogens (tertiary/aromatic N) is 1. The fourth-order valence-corrected chi connectivity index (χ4v) is 4.06. The lowest BCUT2D eigenvalue weighted by atomic mass is 10.1. The average Bonchev–Trinajstić information content (AvgIpc) is 2.73. The van der Waals surface area contributed by atoms with E-state index in [0.29, 0.717) is 18.2 Å². The lowest BCUT2D eigenvalue weighted by Crippen LogP contribution is -2.44. The van der Waals surface area contributed by atoms with Crippen LogP contribution in [-0.2, 0) is 21.3 Å². The van der Waals surface area contributed by atoms with E-state index in [4.69, 9.17) is 4.74 Å². The molecule has 7 heteroatoms. The molecule has 0 amide bonds. The number of nitrogens with one attached hydrogen (secondary N) is 2. The van der Waals surface area contributed by atoms with Crippen LogP contribution in [0.25, 0.3) is 0 Å². The van der Waals surface area contributed by atoms with E-state index in [1.807, 2.05) is 12.1 Å². The topological polar surface area (TPSA) is 70.7 Å². The Bertz CT molecular complexity index is 949. The van der Waals surface area contributed by atoms with Crippen LogP contribution in [0, 0.1) is 5.92 Å². The lowest BCUT2D eigenvalue weighted by molar-refractivity contribution is 0.0114. The van der Waals surface area contributed by atoms with Crippen molar-refractivity contribution >= 4 is 27.1 Å². The Morgan fingerprint density at radius 3 is 2.23 bits per heavy atom. The summed E-state index contributed by atoms with van der Waals surface area (Å²) in [6, 6.07) is 16.0. The fourth-order valence-electron chi connectivity index (χ4n) is 3.31. The number of hydrogen-bond donors (Lipinski definition) is 2. The molecule has 2 N–H and O–H groups in total. The van der Waals surface area contributed by atoms with Gasteiger partial charge in [-0.05, 0) is 68.7 Å². The van der Waals surface area contributed by atoms with Gasteiger partial charge >= 0.3 is 0 Å². The maximum absolute atomic E-state index is 12.3. The molecule has 1 heterocycles. The van der Waals surface area contributed by atoms with Crippen LogP contribution in [0.5, 0.6) is 0 Å². The molecule has 6 nitrogen and oxygen atoms in total. The molecule has 170 valence electrons. The highest BCUT2D eigenvalue weighted by Crippen LogP contribution is 2.23. The smallest absolute Gasteiger partial charge is 0.237 e. The number of anilines is 3. The maximum Gasteiger partial charge on any atom is 0.237 e. The second-order valence-corrected chi connectivity index (χ2v) is 11.9. The van der Waals surface area contributed by atoms with Crippen LogP contribution in [0.4, 0.5) is 17.1 Å². The molecular weight excluding hydrogens is 410 g/mol. The molecular formula is C24H35N3O3S. The molecule has 0 spiro atoms. The third kappa shape index (κ3) is 6.14. The molecule has 0 radical (unpaired) electrons. The number of hydrogen-bond acceptors (Lipinski definition) is 5. The Balaban J connectivity index is 1.54. The van der Waals surface area contributed by atoms with Crippen LogP contribution in [-0.4, -0.2) is 39.0 Å². The van der Waals surface area contributed by atoms with E-state index in [1.165, 1.54) is 5.69 Å². The van der Waals surface area contributed by atoms with Crippen LogP contribution in [0.3, 0.4) is 0 Å². The molecule has 0 aliphatic carbocycles. The fraction of sp³-hybridized carbons (Fsp3) is 0.500. The van der Waals surface area contributed by atoms with E-state index in [-0.39, 0.29) is 6.10 Å². The van der Waals surface area contributed by atoms with Crippen molar-refractivity contribution in [3.8, 4) is 0 Å². The minimum Gasteiger partial charge on any atom is -0.381 e. The second-order valence-electron chi connectivity index (χ2n) is 9.41. The van der Waals surface area contributed by atoms with E-state index >= 15 is 0 Å². The summed E-state index contributed by atoms with van der Waals surface area (Å²) < 4.78 is 32.2. The first-order valence-corrected chi connectivity index (χ1v) is 12.4. The quantitative estimate of drug-likeness (QED) is 0.646. The van der Waals surface area contributed by atoms with Gasteiger partial charge < -0.3 is 15.0 Å². The van der Waals surface area contributed by atoms with Crippen molar-refractivity contribution in [2.75, 3.05) is 34.6 Å². The Morgan fingerprint density at radius 1 is 1.03 bits per heavy atom. The minimum atomic E-state index is -3.42. The summed E-state index contributed by atoms with van der Waals surface area (Å²) in [4.78, 5) is 2.38. The van der Waals surface area contributed by atoms with Crippen molar-refractivity contribution in [3.05, 3.63) is 54.1 Å². The number of benzene rings is 2. The van der Waals surface area contributed by atoms with Crippen molar-refractivity contribution < 1.29 is 13.2 Å². The van der Waals surface area contributed by atoms with E-state index in [9.17, 15) is 8.42 Å². The highest BCUT2D eigenvalue weighted by Gasteiger charge is 2.28. The zero-order valence-corrected chi connectivity index (χ0v) is 20.0. The second kappa shape index (κ2) is 9.49. The number of ether oxygens (including phenoxy) is 1. The number of rotatable bonds is 7. The zero-order chi connectivity index (χ0) is 22.6. The van der Waals surface area contributed by atoms with Crippen molar-refractivity contribution in [3.63, 3.8) is 0 Å². The first-order valence-electron chi connectivity index (χ1n) is 10.9. The highest BCUT2D eigenvalue weighted by atomic mass is 32.2. The molecule has 1 atom stereocenters. The first kappa shape index (κ1) is 23.4. The van der Waals surface area contributed by atoms with Gasteiger partial charge in [0.25, 0.3) is 0 Å². The van der Waals surface area contributed by atoms with Gasteiger partial charge in [0.05, 0.1) is 17.5 Å². The van der Waals surface area contributed by atoms with Gasteiger partial charge in [-0.25, -0.2) is 8.42 Å². The standard InChI is InChI=1S/C24H35N3O3S/c1-18(2)23-17-27(14-15-30-23)22-12-10-20(11-13-22)25-16-19-6-8-21(9-7-19)26-31(28,29)24(3,4)5/h6-13,18,23,25-26H,14-17H2,1-5H3/t23-/m0/s1. The van der Waals surface area contributed by atoms with Gasteiger partial charge in [-0.1, -0.05) is 26.0 Å². The normalized spacial score (nSPS) is 17.6. The largest absolute Gasteiger partial charge is 0.381 e. The molecule has 1 fully saturated rings. The maximum atomic E-state index is 12.3. The van der Waals surface area contributed by atoms with E-state index in [2.05, 4.69) is 53.1 Å². The SMILES string of the molecule is CC(C)[C@@H]1CN(c2ccc(NCc3ccc(NS(=O)(=O)C(C)(C)C)cc3)cc2)CCO1. The lowest BCUT2D eigenvalue weighted by Gasteiger charge is -2.36. The zero-order valence-electron chi connectivity index (χ0n) is 19.2. The highest BCUT2D eigenvalue weighted by molar-refractivity contribution is 7.94. The number of sulfonamides is 1. The Hall–Kier alpha value is -2.25. The predicted molar refractivity (Wildman–Crippen MR) is 129 cm³/mol. The van der Waals surface area contributed by atoms with Crippen LogP contribution in [0.15, 0.2) is 48.5 Å². The molecule has 0 aromatic heterocycles. The minimum absolute atomic E-state index is 0.280. The van der Waals surface area contributed by atoms with Crippen LogP contribution < -0.4 is 14.9 Å². The van der Waals surface area contributed by atoms with Crippen molar-refractivity contribution in [2.45, 2.75) is 52.0 Å². The van der Waals surface area contributed by atoms with E-state index in [1.54, 1.807) is 32.9 Å². The van der Waals surface area contributed by atoms with E-state index < -0.39 is 14.8 Å². The molecule has 2 aromatic carbocycles. The summed E-state index contributed by atoms with van der Waals surface area (Å²) in [7, 11) is -3.42. The monoisotopic (exact) mass is 445 g/mol. The van der Waals surface area contributed by atoms with Gasteiger partial charge in [0.15, 0.2) is 0 Å². The van der Waals surface area contributed by atoms with Crippen molar-refractivity contribution in [1.82, 2.24) is 0 Å². The molecule has 0 unspecified atom stereocenters. The van der Waals surface area contributed by atoms with Crippen LogP contribution in [0.2, 0.25) is 0 Å².